The Morgan fingerprint density at radius 3 is 1.31 bits per heavy atom. The van der Waals surface area contributed by atoms with Gasteiger partial charge >= 0.3 is 0 Å². The number of benzene rings is 9. The van der Waals surface area contributed by atoms with E-state index in [0.29, 0.717) is 0 Å². The van der Waals surface area contributed by atoms with Crippen LogP contribution < -0.4 is 0 Å². The SMILES string of the molecule is CC(C)(C)c1cc2cc(C(C)(C)C)cc3c4cc5c(-c6ccccc6)c6c7cc8ccccc8c8cccc(c6c(-c6ccccc6)c5cc4c(c1)c23)c87. The molecule has 0 unspecified atom stereocenters. The topological polar surface area (TPSA) is 0 Å². The molecule has 0 saturated heterocycles. The predicted molar refractivity (Wildman–Crippen MR) is 237 cm³/mol. The molecule has 0 N–H and O–H groups in total. The molecule has 0 spiro atoms. The van der Waals surface area contributed by atoms with Crippen LogP contribution in [0.3, 0.4) is 0 Å². The molecule has 0 aromatic heterocycles. The van der Waals surface area contributed by atoms with Gasteiger partial charge in [0, 0.05) is 0 Å². The van der Waals surface area contributed by atoms with Crippen molar-refractivity contribution in [1.82, 2.24) is 0 Å². The van der Waals surface area contributed by atoms with E-state index in [1.54, 1.807) is 0 Å². The fourth-order valence-corrected chi connectivity index (χ4v) is 9.70. The highest BCUT2D eigenvalue weighted by Gasteiger charge is 2.27. The van der Waals surface area contributed by atoms with Crippen LogP contribution in [-0.4, -0.2) is 0 Å². The van der Waals surface area contributed by atoms with Gasteiger partial charge in [-0.15, -0.1) is 0 Å². The lowest BCUT2D eigenvalue weighted by Crippen LogP contribution is -2.12. The maximum Gasteiger partial charge on any atom is -0.000719 e. The third kappa shape index (κ3) is 4.32. The van der Waals surface area contributed by atoms with Crippen LogP contribution in [0, 0.1) is 0 Å². The van der Waals surface area contributed by atoms with E-state index in [2.05, 4.69) is 187 Å². The van der Waals surface area contributed by atoms with Crippen molar-refractivity contribution in [3.05, 3.63) is 157 Å². The van der Waals surface area contributed by atoms with Crippen molar-refractivity contribution in [3.63, 3.8) is 0 Å². The zero-order chi connectivity index (χ0) is 36.7. The first-order valence-electron chi connectivity index (χ1n) is 19.4. The van der Waals surface area contributed by atoms with E-state index in [1.807, 2.05) is 0 Å². The largest absolute Gasteiger partial charge is 0.0622 e. The van der Waals surface area contributed by atoms with E-state index < -0.39 is 0 Å². The van der Waals surface area contributed by atoms with Gasteiger partial charge in [-0.25, -0.2) is 0 Å². The molecule has 0 heteroatoms. The van der Waals surface area contributed by atoms with Crippen molar-refractivity contribution < 1.29 is 0 Å². The Labute approximate surface area is 316 Å². The Balaban J connectivity index is 1.45. The number of hydrogen-bond acceptors (Lipinski definition) is 0. The molecule has 54 heavy (non-hydrogen) atoms. The Morgan fingerprint density at radius 2 is 0.759 bits per heavy atom. The molecular formula is C54H42. The van der Waals surface area contributed by atoms with Crippen LogP contribution in [0.4, 0.5) is 0 Å². The molecular weight excluding hydrogens is 649 g/mol. The van der Waals surface area contributed by atoms with Crippen molar-refractivity contribution >= 4 is 86.2 Å². The average molecular weight is 691 g/mol. The zero-order valence-corrected chi connectivity index (χ0v) is 31.9. The molecule has 11 aromatic carbocycles. The van der Waals surface area contributed by atoms with Crippen molar-refractivity contribution in [2.24, 2.45) is 0 Å². The Bertz CT molecular complexity index is 3290. The lowest BCUT2D eigenvalue weighted by molar-refractivity contribution is 0.590. The molecule has 0 aliphatic carbocycles. The quantitative estimate of drug-likeness (QED) is 0.158. The number of hydrogen-bond donors (Lipinski definition) is 0. The summed E-state index contributed by atoms with van der Waals surface area (Å²) >= 11 is 0. The fraction of sp³-hybridized carbons (Fsp3) is 0.148. The molecule has 0 atom stereocenters. The highest BCUT2D eigenvalue weighted by atomic mass is 14.3. The van der Waals surface area contributed by atoms with Gasteiger partial charge in [-0.3, -0.25) is 0 Å². The number of rotatable bonds is 2. The molecule has 0 nitrogen and oxygen atoms in total. The van der Waals surface area contributed by atoms with Crippen molar-refractivity contribution in [2.75, 3.05) is 0 Å². The van der Waals surface area contributed by atoms with Crippen LogP contribution in [0.25, 0.3) is 108 Å². The molecule has 0 radical (unpaired) electrons. The predicted octanol–water partition coefficient (Wildman–Crippen LogP) is 15.7. The van der Waals surface area contributed by atoms with Crippen LogP contribution in [0.2, 0.25) is 0 Å². The van der Waals surface area contributed by atoms with Crippen molar-refractivity contribution in [1.29, 1.82) is 0 Å². The van der Waals surface area contributed by atoms with E-state index in [9.17, 15) is 0 Å². The summed E-state index contributed by atoms with van der Waals surface area (Å²) in [5, 5.41) is 21.4. The molecule has 0 aliphatic rings. The Kier molecular flexibility index (Phi) is 6.31. The van der Waals surface area contributed by atoms with E-state index in [1.165, 1.54) is 120 Å². The molecule has 11 rings (SSSR count). The van der Waals surface area contributed by atoms with Crippen LogP contribution in [-0.2, 0) is 10.8 Å². The molecule has 0 fully saturated rings. The first-order chi connectivity index (χ1) is 26.1. The first-order valence-corrected chi connectivity index (χ1v) is 19.4. The molecule has 0 saturated carbocycles. The summed E-state index contributed by atoms with van der Waals surface area (Å²) in [6.07, 6.45) is 0. The summed E-state index contributed by atoms with van der Waals surface area (Å²) in [6, 6.07) is 55.7. The van der Waals surface area contributed by atoms with E-state index in [-0.39, 0.29) is 10.8 Å². The maximum atomic E-state index is 2.57. The monoisotopic (exact) mass is 690 g/mol. The summed E-state index contributed by atoms with van der Waals surface area (Å²) in [5.41, 5.74) is 7.96. The van der Waals surface area contributed by atoms with E-state index >= 15 is 0 Å². The second kappa shape index (κ2) is 10.8. The van der Waals surface area contributed by atoms with Gasteiger partial charge in [0.2, 0.25) is 0 Å². The standard InChI is InChI=1S/C54H42/c1-53(2,3)35-24-34-25-36(54(4,5)6)28-43-41-30-45-44(29-40(41)42(27-35)47(34)43)48(31-16-9-7-10-17-31)51-39-23-15-22-38-37-21-14-13-20-33(37)26-46(50(38)39)52(51)49(45)32-18-11-8-12-19-32/h7-30H,1-6H3. The second-order valence-electron chi connectivity index (χ2n) is 17.7. The minimum Gasteiger partial charge on any atom is -0.0622 e. The minimum absolute atomic E-state index is 0.0198. The average Bonchev–Trinajstić information content (AvgIpc) is 3.66. The minimum atomic E-state index is 0.0198. The first kappa shape index (κ1) is 31.5. The van der Waals surface area contributed by atoms with Crippen molar-refractivity contribution in [2.45, 2.75) is 52.4 Å². The van der Waals surface area contributed by atoms with Crippen LogP contribution in [0.15, 0.2) is 146 Å². The van der Waals surface area contributed by atoms with Gasteiger partial charge in [0.05, 0.1) is 0 Å². The molecule has 0 bridgehead atoms. The van der Waals surface area contributed by atoms with Crippen molar-refractivity contribution in [3.8, 4) is 22.3 Å². The van der Waals surface area contributed by atoms with Gasteiger partial charge in [0.1, 0.15) is 0 Å². The van der Waals surface area contributed by atoms with Gasteiger partial charge in [-0.05, 0) is 161 Å². The summed E-state index contributed by atoms with van der Waals surface area (Å²) in [7, 11) is 0. The molecule has 11 aromatic rings. The highest BCUT2D eigenvalue weighted by molar-refractivity contribution is 6.43. The normalized spacial score (nSPS) is 13.0. The van der Waals surface area contributed by atoms with Gasteiger partial charge in [-0.2, -0.15) is 0 Å². The van der Waals surface area contributed by atoms with Crippen LogP contribution >= 0.6 is 0 Å². The lowest BCUT2D eigenvalue weighted by atomic mass is 9.82. The third-order valence-corrected chi connectivity index (χ3v) is 12.4. The fourth-order valence-electron chi connectivity index (χ4n) is 9.70. The summed E-state index contributed by atoms with van der Waals surface area (Å²) < 4.78 is 0. The Morgan fingerprint density at radius 1 is 0.278 bits per heavy atom. The van der Waals surface area contributed by atoms with Gasteiger partial charge < -0.3 is 0 Å². The summed E-state index contributed by atoms with van der Waals surface area (Å²) in [5.74, 6) is 0. The highest BCUT2D eigenvalue weighted by Crippen LogP contribution is 2.54. The smallest absolute Gasteiger partial charge is 0.000719 e. The zero-order valence-electron chi connectivity index (χ0n) is 31.9. The van der Waals surface area contributed by atoms with E-state index in [0.717, 1.165) is 0 Å². The van der Waals surface area contributed by atoms with Crippen LogP contribution in [0.1, 0.15) is 52.7 Å². The molecule has 0 aliphatic heterocycles. The summed E-state index contributed by atoms with van der Waals surface area (Å²) in [6.45, 7) is 14.1. The summed E-state index contributed by atoms with van der Waals surface area (Å²) in [4.78, 5) is 0. The Hall–Kier alpha value is -5.98. The van der Waals surface area contributed by atoms with Gasteiger partial charge in [0.25, 0.3) is 0 Å². The van der Waals surface area contributed by atoms with Gasteiger partial charge in [-0.1, -0.05) is 157 Å². The molecule has 258 valence electrons. The molecule has 0 heterocycles. The maximum absolute atomic E-state index is 2.57. The van der Waals surface area contributed by atoms with Crippen LogP contribution in [0.5, 0.6) is 0 Å². The number of fused-ring (bicyclic) bond motifs is 9. The van der Waals surface area contributed by atoms with Gasteiger partial charge in [0.15, 0.2) is 0 Å². The second-order valence-corrected chi connectivity index (χ2v) is 17.7. The molecule has 0 amide bonds. The van der Waals surface area contributed by atoms with E-state index in [4.69, 9.17) is 0 Å². The third-order valence-electron chi connectivity index (χ3n) is 12.4. The lowest BCUT2D eigenvalue weighted by Gasteiger charge is -2.22.